The zero-order valence-electron chi connectivity index (χ0n) is 10.7. The summed E-state index contributed by atoms with van der Waals surface area (Å²) in [5, 5.41) is 0. The van der Waals surface area contributed by atoms with E-state index in [0.717, 1.165) is 9.13 Å². The summed E-state index contributed by atoms with van der Waals surface area (Å²) in [6.07, 6.45) is 0. The molecule has 5 heteroatoms. The molecule has 0 heterocycles. The fourth-order valence-corrected chi connectivity index (χ4v) is 2.21. The van der Waals surface area contributed by atoms with Gasteiger partial charge in [-0.2, -0.15) is 0 Å². The predicted molar refractivity (Wildman–Crippen MR) is 79.3 cm³/mol. The highest BCUT2D eigenvalue weighted by atomic mass is 127. The van der Waals surface area contributed by atoms with E-state index in [4.69, 9.17) is 5.73 Å². The minimum absolute atomic E-state index is 0.0550. The highest BCUT2D eigenvalue weighted by Gasteiger charge is 2.22. The molecule has 0 fully saturated rings. The molecule has 0 aliphatic rings. The van der Waals surface area contributed by atoms with E-state index in [2.05, 4.69) is 22.6 Å². The summed E-state index contributed by atoms with van der Waals surface area (Å²) in [5.41, 5.74) is 6.84. The van der Waals surface area contributed by atoms with E-state index in [1.54, 1.807) is 6.07 Å². The Morgan fingerprint density at radius 2 is 2.00 bits per heavy atom. The SMILES string of the molecule is Cc1cccc(C(=O)N(CC(N)=O)C(C)C)c1I. The zero-order valence-corrected chi connectivity index (χ0v) is 12.9. The maximum absolute atomic E-state index is 12.4. The minimum atomic E-state index is -0.500. The van der Waals surface area contributed by atoms with E-state index in [0.29, 0.717) is 5.56 Å². The summed E-state index contributed by atoms with van der Waals surface area (Å²) < 4.78 is 0.912. The molecule has 0 aromatic heterocycles. The normalized spacial score (nSPS) is 10.5. The van der Waals surface area contributed by atoms with Gasteiger partial charge >= 0.3 is 0 Å². The van der Waals surface area contributed by atoms with E-state index in [1.807, 2.05) is 32.9 Å². The van der Waals surface area contributed by atoms with Crippen LogP contribution >= 0.6 is 22.6 Å². The molecular formula is C13H17IN2O2. The van der Waals surface area contributed by atoms with Crippen LogP contribution in [0.4, 0.5) is 0 Å². The van der Waals surface area contributed by atoms with Gasteiger partial charge in [-0.1, -0.05) is 12.1 Å². The number of rotatable bonds is 4. The van der Waals surface area contributed by atoms with Crippen molar-refractivity contribution in [3.63, 3.8) is 0 Å². The molecule has 0 radical (unpaired) electrons. The molecule has 0 atom stereocenters. The van der Waals surface area contributed by atoms with Crippen molar-refractivity contribution in [2.24, 2.45) is 5.73 Å². The Kier molecular flexibility index (Phi) is 5.13. The van der Waals surface area contributed by atoms with Crippen molar-refractivity contribution >= 4 is 34.4 Å². The van der Waals surface area contributed by atoms with Gasteiger partial charge in [0, 0.05) is 9.61 Å². The Balaban J connectivity index is 3.10. The minimum Gasteiger partial charge on any atom is -0.368 e. The van der Waals surface area contributed by atoms with Crippen molar-refractivity contribution in [2.45, 2.75) is 26.8 Å². The number of benzene rings is 1. The van der Waals surface area contributed by atoms with Crippen LogP contribution in [-0.4, -0.2) is 29.3 Å². The van der Waals surface area contributed by atoms with Gasteiger partial charge in [0.2, 0.25) is 5.91 Å². The number of nitrogens with two attached hydrogens (primary N) is 1. The van der Waals surface area contributed by atoms with Crippen molar-refractivity contribution in [1.29, 1.82) is 0 Å². The van der Waals surface area contributed by atoms with Crippen molar-refractivity contribution in [1.82, 2.24) is 4.90 Å². The molecule has 1 aromatic rings. The Labute approximate surface area is 121 Å². The van der Waals surface area contributed by atoms with Crippen LogP contribution in [-0.2, 0) is 4.79 Å². The van der Waals surface area contributed by atoms with E-state index in [9.17, 15) is 9.59 Å². The maximum Gasteiger partial charge on any atom is 0.255 e. The third-order valence-corrected chi connectivity index (χ3v) is 4.06. The summed E-state index contributed by atoms with van der Waals surface area (Å²) in [5.74, 6) is -0.656. The number of nitrogens with zero attached hydrogens (tertiary/aromatic N) is 1. The zero-order chi connectivity index (χ0) is 13.9. The lowest BCUT2D eigenvalue weighted by Crippen LogP contribution is -2.43. The molecule has 1 aromatic carbocycles. The summed E-state index contributed by atoms with van der Waals surface area (Å²) in [7, 11) is 0. The van der Waals surface area contributed by atoms with Crippen LogP contribution in [0.25, 0.3) is 0 Å². The van der Waals surface area contributed by atoms with Crippen LogP contribution < -0.4 is 5.73 Å². The molecule has 1 rings (SSSR count). The molecule has 0 spiro atoms. The first-order valence-corrected chi connectivity index (χ1v) is 6.76. The Morgan fingerprint density at radius 1 is 1.39 bits per heavy atom. The number of halogens is 1. The highest BCUT2D eigenvalue weighted by Crippen LogP contribution is 2.19. The van der Waals surface area contributed by atoms with Gasteiger partial charge in [-0.05, 0) is 55.0 Å². The molecule has 0 aliphatic heterocycles. The van der Waals surface area contributed by atoms with Gasteiger partial charge in [-0.15, -0.1) is 0 Å². The van der Waals surface area contributed by atoms with E-state index in [-0.39, 0.29) is 18.5 Å². The van der Waals surface area contributed by atoms with Crippen molar-refractivity contribution in [3.8, 4) is 0 Å². The molecule has 2 amide bonds. The van der Waals surface area contributed by atoms with Gasteiger partial charge < -0.3 is 10.6 Å². The first-order chi connectivity index (χ1) is 8.34. The number of aryl methyl sites for hydroxylation is 1. The van der Waals surface area contributed by atoms with Gasteiger partial charge in [-0.25, -0.2) is 0 Å². The molecule has 2 N–H and O–H groups in total. The third kappa shape index (κ3) is 3.44. The van der Waals surface area contributed by atoms with Crippen LogP contribution in [0.2, 0.25) is 0 Å². The van der Waals surface area contributed by atoms with Crippen LogP contribution in [0, 0.1) is 10.5 Å². The topological polar surface area (TPSA) is 63.4 Å². The van der Waals surface area contributed by atoms with E-state index >= 15 is 0 Å². The molecule has 18 heavy (non-hydrogen) atoms. The first-order valence-electron chi connectivity index (χ1n) is 5.69. The van der Waals surface area contributed by atoms with Gasteiger partial charge in [0.15, 0.2) is 0 Å². The maximum atomic E-state index is 12.4. The van der Waals surface area contributed by atoms with Crippen molar-refractivity contribution in [3.05, 3.63) is 32.9 Å². The van der Waals surface area contributed by atoms with Crippen molar-refractivity contribution in [2.75, 3.05) is 6.54 Å². The summed E-state index contributed by atoms with van der Waals surface area (Å²) >= 11 is 2.15. The molecule has 0 saturated heterocycles. The number of hydrogen-bond donors (Lipinski definition) is 1. The lowest BCUT2D eigenvalue weighted by atomic mass is 10.1. The average molecular weight is 360 g/mol. The van der Waals surface area contributed by atoms with Crippen LogP contribution in [0.5, 0.6) is 0 Å². The quantitative estimate of drug-likeness (QED) is 0.835. The summed E-state index contributed by atoms with van der Waals surface area (Å²) in [6.45, 7) is 5.62. The van der Waals surface area contributed by atoms with Crippen LogP contribution in [0.15, 0.2) is 18.2 Å². The number of primary amides is 1. The second-order valence-electron chi connectivity index (χ2n) is 4.43. The second-order valence-corrected chi connectivity index (χ2v) is 5.51. The fourth-order valence-electron chi connectivity index (χ4n) is 1.62. The molecule has 0 aliphatic carbocycles. The number of carbonyl (C=O) groups excluding carboxylic acids is 2. The standard InChI is InChI=1S/C13H17IN2O2/c1-8(2)16(7-11(15)17)13(18)10-6-4-5-9(3)12(10)14/h4-6,8H,7H2,1-3H3,(H2,15,17). The first kappa shape index (κ1) is 14.9. The number of carbonyl (C=O) groups is 2. The van der Waals surface area contributed by atoms with E-state index in [1.165, 1.54) is 4.90 Å². The largest absolute Gasteiger partial charge is 0.368 e. The lowest BCUT2D eigenvalue weighted by Gasteiger charge is -2.26. The average Bonchev–Trinajstić information content (AvgIpc) is 2.28. The Bertz CT molecular complexity index is 472. The molecular weight excluding hydrogens is 343 g/mol. The molecule has 98 valence electrons. The Hall–Kier alpha value is -1.11. The molecule has 0 unspecified atom stereocenters. The second kappa shape index (κ2) is 6.17. The number of hydrogen-bond acceptors (Lipinski definition) is 2. The van der Waals surface area contributed by atoms with Crippen LogP contribution in [0.3, 0.4) is 0 Å². The highest BCUT2D eigenvalue weighted by molar-refractivity contribution is 14.1. The monoisotopic (exact) mass is 360 g/mol. The molecule has 0 saturated carbocycles. The number of amides is 2. The van der Waals surface area contributed by atoms with Crippen molar-refractivity contribution < 1.29 is 9.59 Å². The smallest absolute Gasteiger partial charge is 0.255 e. The molecule has 0 bridgehead atoms. The summed E-state index contributed by atoms with van der Waals surface area (Å²) in [6, 6.07) is 5.49. The predicted octanol–water partition coefficient (Wildman–Crippen LogP) is 1.94. The van der Waals surface area contributed by atoms with Crippen LogP contribution in [0.1, 0.15) is 29.8 Å². The van der Waals surface area contributed by atoms with Gasteiger partial charge in [-0.3, -0.25) is 9.59 Å². The summed E-state index contributed by atoms with van der Waals surface area (Å²) in [4.78, 5) is 24.9. The lowest BCUT2D eigenvalue weighted by molar-refractivity contribution is -0.119. The van der Waals surface area contributed by atoms with Gasteiger partial charge in [0.1, 0.15) is 0 Å². The van der Waals surface area contributed by atoms with Gasteiger partial charge in [0.05, 0.1) is 12.1 Å². The fraction of sp³-hybridized carbons (Fsp3) is 0.385. The molecule has 4 nitrogen and oxygen atoms in total. The Morgan fingerprint density at radius 3 is 2.50 bits per heavy atom. The van der Waals surface area contributed by atoms with E-state index < -0.39 is 5.91 Å². The third-order valence-electron chi connectivity index (χ3n) is 2.63. The van der Waals surface area contributed by atoms with Gasteiger partial charge in [0.25, 0.3) is 5.91 Å².